The Hall–Kier alpha value is -1.43. The second-order valence-electron chi connectivity index (χ2n) is 7.27. The zero-order valence-corrected chi connectivity index (χ0v) is 13.5. The average Bonchev–Trinajstić information content (AvgIpc) is 2.96. The molecular weight excluding hydrogens is 298 g/mol. The lowest BCUT2D eigenvalue weighted by atomic mass is 9.49. The Morgan fingerprint density at radius 1 is 1.18 bits per heavy atom. The van der Waals surface area contributed by atoms with Crippen LogP contribution in [0.25, 0.3) is 0 Å². The molecule has 4 saturated carbocycles. The number of urea groups is 1. The monoisotopic (exact) mass is 319 g/mol. The van der Waals surface area contributed by atoms with Crippen LogP contribution in [0.15, 0.2) is 5.38 Å². The molecule has 0 unspecified atom stereocenters. The minimum Gasteiger partial charge on any atom is -0.341 e. The Balaban J connectivity index is 1.57. The van der Waals surface area contributed by atoms with Crippen LogP contribution in [0.5, 0.6) is 0 Å². The minimum atomic E-state index is -0.489. The van der Waals surface area contributed by atoms with E-state index in [0.717, 1.165) is 23.4 Å². The highest BCUT2D eigenvalue weighted by Gasteiger charge is 2.52. The first-order chi connectivity index (χ1) is 10.6. The molecule has 5 rings (SSSR count). The van der Waals surface area contributed by atoms with Gasteiger partial charge in [-0.2, -0.15) is 0 Å². The molecule has 6 heteroatoms. The van der Waals surface area contributed by atoms with Crippen molar-refractivity contribution < 1.29 is 9.59 Å². The SMILES string of the molecule is CNC(=O)NC(=O)c1nc(C23CC4CC(CC(C4)C2)C3)cs1. The van der Waals surface area contributed by atoms with Gasteiger partial charge in [-0.25, -0.2) is 9.78 Å². The number of nitrogens with one attached hydrogen (secondary N) is 2. The molecular formula is C16H21N3O2S. The van der Waals surface area contributed by atoms with E-state index in [4.69, 9.17) is 0 Å². The number of thiazole rings is 1. The van der Waals surface area contributed by atoms with Crippen molar-refractivity contribution in [3.05, 3.63) is 16.1 Å². The number of imide groups is 1. The van der Waals surface area contributed by atoms with Gasteiger partial charge < -0.3 is 5.32 Å². The first-order valence-electron chi connectivity index (χ1n) is 8.07. The van der Waals surface area contributed by atoms with E-state index in [1.54, 1.807) is 0 Å². The zero-order valence-electron chi connectivity index (χ0n) is 12.7. The number of nitrogens with zero attached hydrogens (tertiary/aromatic N) is 1. The van der Waals surface area contributed by atoms with E-state index >= 15 is 0 Å². The van der Waals surface area contributed by atoms with Crippen molar-refractivity contribution in [2.45, 2.75) is 43.9 Å². The van der Waals surface area contributed by atoms with Crippen LogP contribution in [0, 0.1) is 17.8 Å². The molecule has 22 heavy (non-hydrogen) atoms. The van der Waals surface area contributed by atoms with Crippen molar-refractivity contribution in [1.82, 2.24) is 15.6 Å². The quantitative estimate of drug-likeness (QED) is 0.880. The number of hydrogen-bond acceptors (Lipinski definition) is 4. The molecule has 0 aromatic carbocycles. The molecule has 4 aliphatic carbocycles. The van der Waals surface area contributed by atoms with E-state index in [-0.39, 0.29) is 5.41 Å². The normalized spacial score (nSPS) is 35.4. The third-order valence-corrected chi connectivity index (χ3v) is 6.58. The Morgan fingerprint density at radius 2 is 1.77 bits per heavy atom. The highest BCUT2D eigenvalue weighted by atomic mass is 32.1. The van der Waals surface area contributed by atoms with Gasteiger partial charge in [0.05, 0.1) is 5.69 Å². The lowest BCUT2D eigenvalue weighted by molar-refractivity contribution is -0.00696. The van der Waals surface area contributed by atoms with Gasteiger partial charge in [0.15, 0.2) is 5.01 Å². The summed E-state index contributed by atoms with van der Waals surface area (Å²) < 4.78 is 0. The number of carbonyl (C=O) groups excluding carboxylic acids is 2. The molecule has 5 nitrogen and oxygen atoms in total. The van der Waals surface area contributed by atoms with Gasteiger partial charge >= 0.3 is 6.03 Å². The Kier molecular flexibility index (Phi) is 3.25. The summed E-state index contributed by atoms with van der Waals surface area (Å²) in [6.07, 6.45) is 7.89. The second-order valence-corrected chi connectivity index (χ2v) is 8.13. The van der Waals surface area contributed by atoms with Crippen LogP contribution in [0.1, 0.15) is 54.0 Å². The van der Waals surface area contributed by atoms with Gasteiger partial charge in [0, 0.05) is 17.8 Å². The summed E-state index contributed by atoms with van der Waals surface area (Å²) in [6.45, 7) is 0. The van der Waals surface area contributed by atoms with Gasteiger partial charge in [0.25, 0.3) is 5.91 Å². The second kappa shape index (κ2) is 5.05. The van der Waals surface area contributed by atoms with Gasteiger partial charge in [-0.15, -0.1) is 11.3 Å². The largest absolute Gasteiger partial charge is 0.341 e. The fourth-order valence-electron chi connectivity index (χ4n) is 5.27. The lowest BCUT2D eigenvalue weighted by Crippen LogP contribution is -2.48. The average molecular weight is 319 g/mol. The summed E-state index contributed by atoms with van der Waals surface area (Å²) in [5, 5.41) is 7.12. The highest BCUT2D eigenvalue weighted by molar-refractivity contribution is 7.11. The predicted octanol–water partition coefficient (Wildman–Crippen LogP) is 2.68. The van der Waals surface area contributed by atoms with Crippen LogP contribution in [0.3, 0.4) is 0 Å². The number of rotatable bonds is 2. The van der Waals surface area contributed by atoms with E-state index in [9.17, 15) is 9.59 Å². The molecule has 0 saturated heterocycles. The predicted molar refractivity (Wildman–Crippen MR) is 83.9 cm³/mol. The molecule has 4 aliphatic rings. The van der Waals surface area contributed by atoms with Crippen LogP contribution in [-0.4, -0.2) is 24.0 Å². The lowest BCUT2D eigenvalue weighted by Gasteiger charge is -2.56. The van der Waals surface area contributed by atoms with Crippen molar-refractivity contribution >= 4 is 23.3 Å². The van der Waals surface area contributed by atoms with Gasteiger partial charge in [0.1, 0.15) is 0 Å². The molecule has 0 atom stereocenters. The summed E-state index contributed by atoms with van der Waals surface area (Å²) in [5.74, 6) is 2.17. The Labute approximate surface area is 133 Å². The number of amides is 3. The van der Waals surface area contributed by atoms with Crippen molar-refractivity contribution in [3.63, 3.8) is 0 Å². The maximum Gasteiger partial charge on any atom is 0.321 e. The molecule has 1 heterocycles. The van der Waals surface area contributed by atoms with Gasteiger partial charge in [-0.05, 0) is 56.3 Å². The standard InChI is InChI=1S/C16H21N3O2S/c1-17-15(21)19-13(20)14-18-12(8-22-14)16-5-9-2-10(6-16)4-11(3-9)7-16/h8-11H,2-7H2,1H3,(H2,17,19,20,21). The summed E-state index contributed by atoms with van der Waals surface area (Å²) in [6, 6.07) is -0.489. The number of carbonyl (C=O) groups is 2. The minimum absolute atomic E-state index is 0.205. The van der Waals surface area contributed by atoms with Crippen molar-refractivity contribution in [3.8, 4) is 0 Å². The van der Waals surface area contributed by atoms with E-state index in [1.165, 1.54) is 56.9 Å². The fourth-order valence-corrected chi connectivity index (χ4v) is 6.10. The Bertz CT molecular complexity index is 589. The summed E-state index contributed by atoms with van der Waals surface area (Å²) in [5.41, 5.74) is 1.30. The third kappa shape index (κ3) is 2.24. The van der Waals surface area contributed by atoms with Gasteiger partial charge in [-0.1, -0.05) is 0 Å². The Morgan fingerprint density at radius 3 is 2.32 bits per heavy atom. The topological polar surface area (TPSA) is 71.1 Å². The van der Waals surface area contributed by atoms with Crippen molar-refractivity contribution in [1.29, 1.82) is 0 Å². The summed E-state index contributed by atoms with van der Waals surface area (Å²) >= 11 is 1.36. The van der Waals surface area contributed by atoms with E-state index < -0.39 is 11.9 Å². The smallest absolute Gasteiger partial charge is 0.321 e. The number of aromatic nitrogens is 1. The molecule has 4 fully saturated rings. The van der Waals surface area contributed by atoms with Crippen molar-refractivity contribution in [2.75, 3.05) is 7.05 Å². The molecule has 4 bridgehead atoms. The first-order valence-corrected chi connectivity index (χ1v) is 8.95. The molecule has 1 aromatic heterocycles. The van der Waals surface area contributed by atoms with E-state index in [1.807, 2.05) is 5.38 Å². The summed E-state index contributed by atoms with van der Waals surface area (Å²) in [4.78, 5) is 27.9. The first kappa shape index (κ1) is 14.2. The van der Waals surface area contributed by atoms with Gasteiger partial charge in [-0.3, -0.25) is 10.1 Å². The van der Waals surface area contributed by atoms with E-state index in [0.29, 0.717) is 5.01 Å². The van der Waals surface area contributed by atoms with Crippen LogP contribution < -0.4 is 10.6 Å². The maximum atomic E-state index is 12.0. The van der Waals surface area contributed by atoms with Gasteiger partial charge in [0.2, 0.25) is 0 Å². The third-order valence-electron chi connectivity index (χ3n) is 5.73. The molecule has 3 amide bonds. The molecule has 0 spiro atoms. The van der Waals surface area contributed by atoms with Crippen molar-refractivity contribution in [2.24, 2.45) is 17.8 Å². The fraction of sp³-hybridized carbons (Fsp3) is 0.688. The maximum absolute atomic E-state index is 12.0. The van der Waals surface area contributed by atoms with Crippen LogP contribution >= 0.6 is 11.3 Å². The number of hydrogen-bond donors (Lipinski definition) is 2. The van der Waals surface area contributed by atoms with E-state index in [2.05, 4.69) is 15.6 Å². The van der Waals surface area contributed by atoms with Crippen LogP contribution in [0.4, 0.5) is 4.79 Å². The highest BCUT2D eigenvalue weighted by Crippen LogP contribution is 2.60. The van der Waals surface area contributed by atoms with Crippen LogP contribution in [-0.2, 0) is 5.41 Å². The zero-order chi connectivity index (χ0) is 15.3. The molecule has 0 aliphatic heterocycles. The summed E-state index contributed by atoms with van der Waals surface area (Å²) in [7, 11) is 1.49. The molecule has 118 valence electrons. The molecule has 2 N–H and O–H groups in total. The molecule has 0 radical (unpaired) electrons. The van der Waals surface area contributed by atoms with Crippen LogP contribution in [0.2, 0.25) is 0 Å². The molecule has 1 aromatic rings.